The van der Waals surface area contributed by atoms with Gasteiger partial charge in [-0.2, -0.15) is 0 Å². The predicted molar refractivity (Wildman–Crippen MR) is 108 cm³/mol. The Morgan fingerprint density at radius 2 is 1.93 bits per heavy atom. The molecule has 0 radical (unpaired) electrons. The molecule has 144 valence electrons. The van der Waals surface area contributed by atoms with Crippen LogP contribution in [0.1, 0.15) is 25.3 Å². The number of carbonyl (C=O) groups is 1. The molecule has 6 heteroatoms. The molecular formula is C21H25ClFN3O. The van der Waals surface area contributed by atoms with Gasteiger partial charge in [0.05, 0.1) is 6.17 Å². The maximum absolute atomic E-state index is 13.1. The summed E-state index contributed by atoms with van der Waals surface area (Å²) in [6, 6.07) is 13.8. The monoisotopic (exact) mass is 389 g/mol. The van der Waals surface area contributed by atoms with Crippen LogP contribution in [-0.2, 0) is 6.42 Å². The quantitative estimate of drug-likeness (QED) is 0.785. The van der Waals surface area contributed by atoms with Crippen LogP contribution in [0.3, 0.4) is 0 Å². The fourth-order valence-corrected chi connectivity index (χ4v) is 3.66. The third-order valence-electron chi connectivity index (χ3n) is 4.95. The summed E-state index contributed by atoms with van der Waals surface area (Å²) in [6.45, 7) is 3.36. The van der Waals surface area contributed by atoms with Crippen molar-refractivity contribution in [3.05, 3.63) is 64.9 Å². The summed E-state index contributed by atoms with van der Waals surface area (Å²) >= 11 is 5.94. The lowest BCUT2D eigenvalue weighted by Crippen LogP contribution is -2.54. The van der Waals surface area contributed by atoms with Crippen molar-refractivity contribution in [1.82, 2.24) is 10.6 Å². The Labute approximate surface area is 164 Å². The Balaban J connectivity index is 1.58. The van der Waals surface area contributed by atoms with E-state index >= 15 is 0 Å². The molecule has 2 N–H and O–H groups in total. The maximum Gasteiger partial charge on any atom is 0.323 e. The van der Waals surface area contributed by atoms with Gasteiger partial charge < -0.3 is 5.32 Å². The Kier molecular flexibility index (Phi) is 6.69. The molecule has 0 saturated carbocycles. The van der Waals surface area contributed by atoms with Crippen molar-refractivity contribution < 1.29 is 9.18 Å². The number of carbonyl (C=O) groups excluding carboxylic acids is 1. The number of piperidine rings is 1. The van der Waals surface area contributed by atoms with Crippen molar-refractivity contribution in [1.29, 1.82) is 0 Å². The summed E-state index contributed by atoms with van der Waals surface area (Å²) in [6.07, 6.45) is 2.71. The smallest absolute Gasteiger partial charge is 0.322 e. The molecule has 1 aliphatic rings. The fraction of sp³-hybridized carbons (Fsp3) is 0.381. The number of nitrogens with zero attached hydrogens (tertiary/aromatic N) is 1. The van der Waals surface area contributed by atoms with Crippen LogP contribution in [0, 0.1) is 11.7 Å². The van der Waals surface area contributed by atoms with E-state index in [-0.39, 0.29) is 18.0 Å². The van der Waals surface area contributed by atoms with Crippen LogP contribution < -0.4 is 15.5 Å². The standard InChI is InChI=1S/C21H25ClFN3O/c1-2-26(19-9-5-17(22)6-10-19)21(27)25-20-14-16(11-12-24-20)13-15-3-7-18(23)8-4-15/h3-10,16,20,24H,2,11-14H2,1H3,(H,25,27)/t16-,20-/m0/s1. The highest BCUT2D eigenvalue weighted by Crippen LogP contribution is 2.22. The number of amides is 2. The number of benzene rings is 2. The van der Waals surface area contributed by atoms with Gasteiger partial charge in [0, 0.05) is 17.3 Å². The molecule has 0 spiro atoms. The van der Waals surface area contributed by atoms with E-state index in [9.17, 15) is 9.18 Å². The lowest BCUT2D eigenvalue weighted by molar-refractivity contribution is 0.225. The van der Waals surface area contributed by atoms with Crippen molar-refractivity contribution in [3.8, 4) is 0 Å². The molecule has 2 aromatic carbocycles. The molecule has 2 atom stereocenters. The Morgan fingerprint density at radius 3 is 2.59 bits per heavy atom. The van der Waals surface area contributed by atoms with Crippen LogP contribution in [-0.4, -0.2) is 25.3 Å². The van der Waals surface area contributed by atoms with Crippen molar-refractivity contribution >= 4 is 23.3 Å². The highest BCUT2D eigenvalue weighted by atomic mass is 35.5. The highest BCUT2D eigenvalue weighted by molar-refractivity contribution is 6.30. The first-order valence-electron chi connectivity index (χ1n) is 9.36. The minimum absolute atomic E-state index is 0.0713. The molecule has 4 nitrogen and oxygen atoms in total. The van der Waals surface area contributed by atoms with Crippen LogP contribution >= 0.6 is 11.6 Å². The molecule has 0 unspecified atom stereocenters. The molecule has 2 amide bonds. The summed E-state index contributed by atoms with van der Waals surface area (Å²) in [5.41, 5.74) is 1.95. The summed E-state index contributed by atoms with van der Waals surface area (Å²) in [5, 5.41) is 7.11. The normalized spacial score (nSPS) is 19.5. The molecule has 3 rings (SSSR count). The van der Waals surface area contributed by atoms with Gasteiger partial charge in [-0.3, -0.25) is 10.2 Å². The third kappa shape index (κ3) is 5.44. The van der Waals surface area contributed by atoms with Crippen molar-refractivity contribution in [2.45, 2.75) is 32.4 Å². The number of hydrogen-bond acceptors (Lipinski definition) is 2. The first-order chi connectivity index (χ1) is 13.0. The molecule has 1 aliphatic heterocycles. The van der Waals surface area contributed by atoms with E-state index in [1.54, 1.807) is 17.0 Å². The average Bonchev–Trinajstić information content (AvgIpc) is 2.66. The van der Waals surface area contributed by atoms with Gasteiger partial charge >= 0.3 is 6.03 Å². The van der Waals surface area contributed by atoms with E-state index < -0.39 is 0 Å². The first kappa shape index (κ1) is 19.6. The van der Waals surface area contributed by atoms with Gasteiger partial charge in [-0.05, 0) is 80.6 Å². The highest BCUT2D eigenvalue weighted by Gasteiger charge is 2.25. The molecular weight excluding hydrogens is 365 g/mol. The van der Waals surface area contributed by atoms with Crippen molar-refractivity contribution in [2.24, 2.45) is 5.92 Å². The van der Waals surface area contributed by atoms with E-state index in [0.29, 0.717) is 17.5 Å². The molecule has 1 saturated heterocycles. The van der Waals surface area contributed by atoms with Crippen LogP contribution in [0.2, 0.25) is 5.02 Å². The third-order valence-corrected chi connectivity index (χ3v) is 5.20. The zero-order valence-corrected chi connectivity index (χ0v) is 16.2. The van der Waals surface area contributed by atoms with Gasteiger partial charge in [-0.1, -0.05) is 23.7 Å². The van der Waals surface area contributed by atoms with Gasteiger partial charge in [-0.15, -0.1) is 0 Å². The van der Waals surface area contributed by atoms with Gasteiger partial charge in [0.15, 0.2) is 0 Å². The van der Waals surface area contributed by atoms with E-state index in [0.717, 1.165) is 37.1 Å². The van der Waals surface area contributed by atoms with Crippen LogP contribution in [0.5, 0.6) is 0 Å². The molecule has 1 fully saturated rings. The number of nitrogens with one attached hydrogen (secondary N) is 2. The SMILES string of the molecule is CCN(C(=O)N[C@H]1C[C@H](Cc2ccc(F)cc2)CCN1)c1ccc(Cl)cc1. The first-order valence-corrected chi connectivity index (χ1v) is 9.74. The number of anilines is 1. The van der Waals surface area contributed by atoms with E-state index in [1.807, 2.05) is 31.2 Å². The average molecular weight is 390 g/mol. The molecule has 2 aromatic rings. The van der Waals surface area contributed by atoms with Gasteiger partial charge in [0.25, 0.3) is 0 Å². The van der Waals surface area contributed by atoms with Gasteiger partial charge in [0.2, 0.25) is 0 Å². The Morgan fingerprint density at radius 1 is 1.22 bits per heavy atom. The predicted octanol–water partition coefficient (Wildman–Crippen LogP) is 4.58. The van der Waals surface area contributed by atoms with Crippen LogP contribution in [0.25, 0.3) is 0 Å². The fourth-order valence-electron chi connectivity index (χ4n) is 3.54. The Hall–Kier alpha value is -2.11. The maximum atomic E-state index is 13.1. The van der Waals surface area contributed by atoms with Crippen molar-refractivity contribution in [2.75, 3.05) is 18.0 Å². The molecule has 0 bridgehead atoms. The summed E-state index contributed by atoms with van der Waals surface area (Å²) < 4.78 is 13.1. The zero-order valence-electron chi connectivity index (χ0n) is 15.4. The van der Waals surface area contributed by atoms with Crippen LogP contribution in [0.15, 0.2) is 48.5 Å². The summed E-state index contributed by atoms with van der Waals surface area (Å²) in [7, 11) is 0. The topological polar surface area (TPSA) is 44.4 Å². The number of urea groups is 1. The molecule has 0 aliphatic carbocycles. The van der Waals surface area contributed by atoms with Crippen LogP contribution in [0.4, 0.5) is 14.9 Å². The minimum atomic E-state index is -0.212. The zero-order chi connectivity index (χ0) is 19.2. The molecule has 27 heavy (non-hydrogen) atoms. The van der Waals surface area contributed by atoms with Crippen molar-refractivity contribution in [3.63, 3.8) is 0 Å². The summed E-state index contributed by atoms with van der Waals surface area (Å²) in [5.74, 6) is 0.240. The summed E-state index contributed by atoms with van der Waals surface area (Å²) in [4.78, 5) is 14.4. The second kappa shape index (κ2) is 9.20. The van der Waals surface area contributed by atoms with Gasteiger partial charge in [0.1, 0.15) is 5.82 Å². The lowest BCUT2D eigenvalue weighted by Gasteiger charge is -2.33. The Bertz CT molecular complexity index is 751. The number of hydrogen-bond donors (Lipinski definition) is 2. The van der Waals surface area contributed by atoms with E-state index in [1.165, 1.54) is 12.1 Å². The van der Waals surface area contributed by atoms with E-state index in [2.05, 4.69) is 10.6 Å². The van der Waals surface area contributed by atoms with Gasteiger partial charge in [-0.25, -0.2) is 9.18 Å². The minimum Gasteiger partial charge on any atom is -0.322 e. The molecule has 1 heterocycles. The van der Waals surface area contributed by atoms with E-state index in [4.69, 9.17) is 11.6 Å². The second-order valence-electron chi connectivity index (χ2n) is 6.90. The number of halogens is 2. The lowest BCUT2D eigenvalue weighted by atomic mass is 9.89. The largest absolute Gasteiger partial charge is 0.323 e. The second-order valence-corrected chi connectivity index (χ2v) is 7.33. The number of rotatable bonds is 5. The molecule has 0 aromatic heterocycles.